The predicted molar refractivity (Wildman–Crippen MR) is 95.2 cm³/mol. The summed E-state index contributed by atoms with van der Waals surface area (Å²) in [5, 5.41) is 11.2. The van der Waals surface area contributed by atoms with Crippen LogP contribution in [0.3, 0.4) is 0 Å². The molecule has 25 heavy (non-hydrogen) atoms. The quantitative estimate of drug-likeness (QED) is 0.899. The maximum Gasteiger partial charge on any atom is 0.290 e. The molecule has 0 spiro atoms. The highest BCUT2D eigenvalue weighted by molar-refractivity contribution is 5.92. The fourth-order valence-corrected chi connectivity index (χ4v) is 3.23. The van der Waals surface area contributed by atoms with Crippen molar-refractivity contribution in [2.45, 2.75) is 39.7 Å². The first kappa shape index (κ1) is 17.7. The van der Waals surface area contributed by atoms with Gasteiger partial charge in [0.1, 0.15) is 5.69 Å². The number of hydrogen-bond donors (Lipinski definition) is 1. The summed E-state index contributed by atoms with van der Waals surface area (Å²) in [6, 6.07) is 1.74. The van der Waals surface area contributed by atoms with Crippen LogP contribution in [-0.4, -0.2) is 51.4 Å². The third kappa shape index (κ3) is 4.10. The number of piperidine rings is 1. The van der Waals surface area contributed by atoms with E-state index in [0.29, 0.717) is 5.69 Å². The molecule has 0 radical (unpaired) electrons. The number of aryl methyl sites for hydroxylation is 1. The van der Waals surface area contributed by atoms with Crippen molar-refractivity contribution < 1.29 is 9.32 Å². The van der Waals surface area contributed by atoms with E-state index in [9.17, 15) is 4.79 Å². The molecule has 0 aliphatic carbocycles. The zero-order valence-corrected chi connectivity index (χ0v) is 15.5. The van der Waals surface area contributed by atoms with Gasteiger partial charge in [-0.2, -0.15) is 5.10 Å². The van der Waals surface area contributed by atoms with E-state index in [4.69, 9.17) is 4.52 Å². The molecular formula is C18H27N5O2. The van der Waals surface area contributed by atoms with E-state index < -0.39 is 0 Å². The third-order valence-corrected chi connectivity index (χ3v) is 5.03. The number of nitrogens with zero attached hydrogens (tertiary/aromatic N) is 4. The molecule has 1 amide bonds. The number of amides is 1. The van der Waals surface area contributed by atoms with E-state index in [0.717, 1.165) is 36.8 Å². The first-order valence-electron chi connectivity index (χ1n) is 8.93. The summed E-state index contributed by atoms with van der Waals surface area (Å²) >= 11 is 0. The lowest BCUT2D eigenvalue weighted by Gasteiger charge is -2.32. The predicted octanol–water partition coefficient (Wildman–Crippen LogP) is 2.23. The molecule has 3 rings (SSSR count). The van der Waals surface area contributed by atoms with Gasteiger partial charge in [-0.25, -0.2) is 0 Å². The van der Waals surface area contributed by atoms with Gasteiger partial charge in [0.05, 0.1) is 6.20 Å². The normalized spacial score (nSPS) is 17.6. The number of carbonyl (C=O) groups excluding carboxylic acids is 1. The van der Waals surface area contributed by atoms with Crippen LogP contribution in [0.25, 0.3) is 11.3 Å². The van der Waals surface area contributed by atoms with Gasteiger partial charge < -0.3 is 14.7 Å². The van der Waals surface area contributed by atoms with Crippen LogP contribution in [0.1, 0.15) is 42.9 Å². The Labute approximate surface area is 148 Å². The fourth-order valence-electron chi connectivity index (χ4n) is 3.23. The van der Waals surface area contributed by atoms with Crippen LogP contribution >= 0.6 is 0 Å². The van der Waals surface area contributed by atoms with E-state index in [-0.39, 0.29) is 17.7 Å². The lowest BCUT2D eigenvalue weighted by atomic mass is 9.99. The molecule has 0 bridgehead atoms. The maximum atomic E-state index is 12.4. The van der Waals surface area contributed by atoms with Crippen LogP contribution in [0, 0.1) is 12.8 Å². The molecule has 0 aromatic carbocycles. The minimum absolute atomic E-state index is 0.0644. The Morgan fingerprint density at radius 2 is 2.16 bits per heavy atom. The number of aromatic nitrogens is 3. The van der Waals surface area contributed by atoms with Crippen molar-refractivity contribution in [3.8, 4) is 11.3 Å². The van der Waals surface area contributed by atoms with Crippen LogP contribution in [0.5, 0.6) is 0 Å². The van der Waals surface area contributed by atoms with E-state index in [1.165, 1.54) is 12.8 Å². The van der Waals surface area contributed by atoms with Crippen molar-refractivity contribution in [3.05, 3.63) is 23.7 Å². The Morgan fingerprint density at radius 3 is 2.80 bits per heavy atom. The van der Waals surface area contributed by atoms with Crippen LogP contribution in [0.4, 0.5) is 0 Å². The lowest BCUT2D eigenvalue weighted by molar-refractivity contribution is 0.0885. The van der Waals surface area contributed by atoms with E-state index in [2.05, 4.69) is 27.4 Å². The molecule has 2 aromatic rings. The molecule has 7 heteroatoms. The van der Waals surface area contributed by atoms with Crippen molar-refractivity contribution in [1.29, 1.82) is 0 Å². The van der Waals surface area contributed by atoms with Crippen LogP contribution in [0.2, 0.25) is 0 Å². The van der Waals surface area contributed by atoms with Gasteiger partial charge in [0.25, 0.3) is 5.91 Å². The number of rotatable bonds is 5. The Bertz CT molecular complexity index is 728. The van der Waals surface area contributed by atoms with E-state index in [1.54, 1.807) is 16.9 Å². The highest BCUT2D eigenvalue weighted by atomic mass is 16.5. The summed E-state index contributed by atoms with van der Waals surface area (Å²) in [6.07, 6.45) is 4.20. The Kier molecular flexibility index (Phi) is 5.22. The molecule has 1 fully saturated rings. The molecular weight excluding hydrogens is 318 g/mol. The van der Waals surface area contributed by atoms with Crippen molar-refractivity contribution in [1.82, 2.24) is 25.2 Å². The summed E-state index contributed by atoms with van der Waals surface area (Å²) in [5.41, 5.74) is 2.49. The van der Waals surface area contributed by atoms with Gasteiger partial charge in [-0.15, -0.1) is 0 Å². The molecule has 1 N–H and O–H groups in total. The molecule has 1 aliphatic rings. The number of carbonyl (C=O) groups is 1. The Balaban J connectivity index is 1.57. The molecule has 7 nitrogen and oxygen atoms in total. The average Bonchev–Trinajstić information content (AvgIpc) is 3.18. The minimum Gasteiger partial charge on any atom is -0.350 e. The van der Waals surface area contributed by atoms with E-state index in [1.807, 2.05) is 20.9 Å². The second-order valence-electron chi connectivity index (χ2n) is 7.20. The Morgan fingerprint density at radius 1 is 1.44 bits per heavy atom. The summed E-state index contributed by atoms with van der Waals surface area (Å²) in [5.74, 6) is 0.820. The average molecular weight is 345 g/mol. The van der Waals surface area contributed by atoms with Gasteiger partial charge in [0.2, 0.25) is 5.76 Å². The van der Waals surface area contributed by atoms with Gasteiger partial charge >= 0.3 is 0 Å². The summed E-state index contributed by atoms with van der Waals surface area (Å²) in [4.78, 5) is 14.8. The molecule has 3 heterocycles. The zero-order chi connectivity index (χ0) is 18.0. The second-order valence-corrected chi connectivity index (χ2v) is 7.20. The largest absolute Gasteiger partial charge is 0.350 e. The monoisotopic (exact) mass is 345 g/mol. The molecule has 1 aliphatic heterocycles. The molecule has 136 valence electrons. The highest BCUT2D eigenvalue weighted by Crippen LogP contribution is 2.22. The summed E-state index contributed by atoms with van der Waals surface area (Å²) in [6.45, 7) is 9.36. The van der Waals surface area contributed by atoms with Gasteiger partial charge in [0.15, 0.2) is 0 Å². The van der Waals surface area contributed by atoms with Crippen molar-refractivity contribution in [2.24, 2.45) is 13.0 Å². The fraction of sp³-hybridized carbons (Fsp3) is 0.611. The van der Waals surface area contributed by atoms with E-state index >= 15 is 0 Å². The maximum absolute atomic E-state index is 12.4. The standard InChI is InChI=1S/C18H27N5O2/c1-12-5-7-23(8-6-12)11-13(2)20-18(24)17-9-16(21-25-17)15-10-19-22(4)14(15)3/h9-10,12-13H,5-8,11H2,1-4H3,(H,20,24). The lowest BCUT2D eigenvalue weighted by Crippen LogP contribution is -2.44. The van der Waals surface area contributed by atoms with Crippen molar-refractivity contribution in [3.63, 3.8) is 0 Å². The third-order valence-electron chi connectivity index (χ3n) is 5.03. The van der Waals surface area contributed by atoms with Crippen LogP contribution in [0.15, 0.2) is 16.8 Å². The first-order valence-corrected chi connectivity index (χ1v) is 8.93. The number of nitrogens with one attached hydrogen (secondary N) is 1. The SMILES string of the molecule is Cc1c(-c2cc(C(=O)NC(C)CN3CCC(C)CC3)on2)cnn1C. The van der Waals surface area contributed by atoms with Crippen molar-refractivity contribution >= 4 is 5.91 Å². The van der Waals surface area contributed by atoms with Gasteiger partial charge in [-0.1, -0.05) is 12.1 Å². The second kappa shape index (κ2) is 7.39. The van der Waals surface area contributed by atoms with Gasteiger partial charge in [-0.05, 0) is 45.7 Å². The number of hydrogen-bond acceptors (Lipinski definition) is 5. The molecule has 1 saturated heterocycles. The van der Waals surface area contributed by atoms with Gasteiger partial charge in [0, 0.05) is 37.0 Å². The molecule has 1 atom stereocenters. The minimum atomic E-state index is -0.224. The summed E-state index contributed by atoms with van der Waals surface area (Å²) in [7, 11) is 1.87. The topological polar surface area (TPSA) is 76.2 Å². The molecule has 1 unspecified atom stereocenters. The zero-order valence-electron chi connectivity index (χ0n) is 15.5. The number of likely N-dealkylation sites (tertiary alicyclic amines) is 1. The first-order chi connectivity index (χ1) is 11.9. The molecule has 0 saturated carbocycles. The van der Waals surface area contributed by atoms with Gasteiger partial charge in [-0.3, -0.25) is 9.48 Å². The highest BCUT2D eigenvalue weighted by Gasteiger charge is 2.21. The summed E-state index contributed by atoms with van der Waals surface area (Å²) < 4.78 is 7.01. The van der Waals surface area contributed by atoms with Crippen LogP contribution < -0.4 is 5.32 Å². The molecule has 2 aromatic heterocycles. The van der Waals surface area contributed by atoms with Crippen LogP contribution in [-0.2, 0) is 7.05 Å². The van der Waals surface area contributed by atoms with Crippen molar-refractivity contribution in [2.75, 3.05) is 19.6 Å². The smallest absolute Gasteiger partial charge is 0.290 e. The Hall–Kier alpha value is -2.15.